The molecule has 0 saturated heterocycles. The summed E-state index contributed by atoms with van der Waals surface area (Å²) in [6.07, 6.45) is 23.9. The highest BCUT2D eigenvalue weighted by Crippen LogP contribution is 2.09. The highest BCUT2D eigenvalue weighted by Gasteiger charge is 2.04. The molecule has 2 heteroatoms. The molecule has 0 unspecified atom stereocenters. The number of ether oxygens (including phenoxy) is 1. The zero-order chi connectivity index (χ0) is 19.4. The predicted molar refractivity (Wildman–Crippen MR) is 116 cm³/mol. The molecule has 27 heavy (non-hydrogen) atoms. The van der Waals surface area contributed by atoms with Crippen molar-refractivity contribution in [2.24, 2.45) is 0 Å². The maximum atomic E-state index is 11.8. The minimum Gasteiger partial charge on any atom is -0.462 e. The number of allylic oxidation sites excluding steroid dienone is 4. The minimum atomic E-state index is -0.210. The van der Waals surface area contributed by atoms with Crippen molar-refractivity contribution in [3.05, 3.63) is 60.2 Å². The second kappa shape index (κ2) is 17.6. The monoisotopic (exact) mass is 370 g/mol. The fraction of sp³-hybridized carbons (Fsp3) is 0.560. The molecule has 1 aromatic carbocycles. The number of benzene rings is 1. The van der Waals surface area contributed by atoms with Crippen LogP contribution in [0.15, 0.2) is 54.6 Å². The van der Waals surface area contributed by atoms with Crippen LogP contribution in [0, 0.1) is 0 Å². The molecule has 0 fully saturated rings. The molecule has 0 aliphatic heterocycles. The van der Waals surface area contributed by atoms with Crippen LogP contribution in [0.5, 0.6) is 0 Å². The highest BCUT2D eigenvalue weighted by atomic mass is 16.5. The highest BCUT2D eigenvalue weighted by molar-refractivity contribution is 5.89. The summed E-state index contributed by atoms with van der Waals surface area (Å²) in [7, 11) is 0. The van der Waals surface area contributed by atoms with Gasteiger partial charge < -0.3 is 4.74 Å². The van der Waals surface area contributed by atoms with Gasteiger partial charge in [0.25, 0.3) is 0 Å². The molecule has 150 valence electrons. The summed E-state index contributed by atoms with van der Waals surface area (Å²) in [6, 6.07) is 9.20. The molecule has 2 nitrogen and oxygen atoms in total. The van der Waals surface area contributed by atoms with Gasteiger partial charge in [0, 0.05) is 0 Å². The van der Waals surface area contributed by atoms with E-state index in [1.165, 1.54) is 57.8 Å². The first-order valence-corrected chi connectivity index (χ1v) is 10.9. The van der Waals surface area contributed by atoms with Crippen LogP contribution < -0.4 is 0 Å². The van der Waals surface area contributed by atoms with Gasteiger partial charge in [-0.3, -0.25) is 0 Å². The van der Waals surface area contributed by atoms with E-state index in [4.69, 9.17) is 4.74 Å². The van der Waals surface area contributed by atoms with E-state index >= 15 is 0 Å². The molecular formula is C25H38O2. The standard InChI is InChI=1S/C25H38O2/c1-2-3-4-5-6-7-8-9-10-11-12-13-14-15-16-20-23-27-25(26)24-21-18-17-19-22-24/h6-7,9-10,17-19,21-22H,2-5,8,11-16,20,23H2,1H3/b7-6-,10-9-. The molecule has 0 amide bonds. The van der Waals surface area contributed by atoms with E-state index in [0.717, 1.165) is 19.3 Å². The van der Waals surface area contributed by atoms with Gasteiger partial charge in [-0.2, -0.15) is 0 Å². The number of unbranched alkanes of at least 4 members (excludes halogenated alkanes) is 9. The van der Waals surface area contributed by atoms with Crippen LogP contribution in [0.2, 0.25) is 0 Å². The summed E-state index contributed by atoms with van der Waals surface area (Å²) < 4.78 is 5.29. The molecule has 0 bridgehead atoms. The van der Waals surface area contributed by atoms with Crippen LogP contribution >= 0.6 is 0 Å². The predicted octanol–water partition coefficient (Wildman–Crippen LogP) is 7.66. The molecule has 0 radical (unpaired) electrons. The average molecular weight is 371 g/mol. The summed E-state index contributed by atoms with van der Waals surface area (Å²) in [4.78, 5) is 11.8. The van der Waals surface area contributed by atoms with E-state index in [9.17, 15) is 4.79 Å². The summed E-state index contributed by atoms with van der Waals surface area (Å²) in [5.74, 6) is -0.210. The third-order valence-electron chi connectivity index (χ3n) is 4.59. The number of carbonyl (C=O) groups excluding carboxylic acids is 1. The van der Waals surface area contributed by atoms with E-state index in [-0.39, 0.29) is 5.97 Å². The lowest BCUT2D eigenvalue weighted by molar-refractivity contribution is 0.0497. The van der Waals surface area contributed by atoms with E-state index in [2.05, 4.69) is 31.2 Å². The molecule has 0 aromatic heterocycles. The summed E-state index contributed by atoms with van der Waals surface area (Å²) >= 11 is 0. The van der Waals surface area contributed by atoms with Crippen molar-refractivity contribution >= 4 is 5.97 Å². The lowest BCUT2D eigenvalue weighted by Gasteiger charge is -2.04. The van der Waals surface area contributed by atoms with Crippen LogP contribution in [-0.4, -0.2) is 12.6 Å². The Morgan fingerprint density at radius 2 is 1.37 bits per heavy atom. The zero-order valence-electron chi connectivity index (χ0n) is 17.2. The molecule has 0 aliphatic carbocycles. The minimum absolute atomic E-state index is 0.210. The van der Waals surface area contributed by atoms with Crippen molar-refractivity contribution in [3.63, 3.8) is 0 Å². The van der Waals surface area contributed by atoms with Crippen LogP contribution in [0.1, 0.15) is 94.3 Å². The summed E-state index contributed by atoms with van der Waals surface area (Å²) in [6.45, 7) is 2.78. The Morgan fingerprint density at radius 1 is 0.778 bits per heavy atom. The van der Waals surface area contributed by atoms with Gasteiger partial charge >= 0.3 is 5.97 Å². The maximum absolute atomic E-state index is 11.8. The zero-order valence-corrected chi connectivity index (χ0v) is 17.2. The Bertz CT molecular complexity index is 516. The Balaban J connectivity index is 1.84. The molecule has 0 atom stereocenters. The third kappa shape index (κ3) is 14.0. The number of esters is 1. The third-order valence-corrected chi connectivity index (χ3v) is 4.59. The maximum Gasteiger partial charge on any atom is 0.338 e. The molecule has 1 rings (SSSR count). The number of hydrogen-bond acceptors (Lipinski definition) is 2. The number of hydrogen-bond donors (Lipinski definition) is 0. The molecule has 1 aromatic rings. The van der Waals surface area contributed by atoms with E-state index in [1.807, 2.05) is 18.2 Å². The van der Waals surface area contributed by atoms with Crippen molar-refractivity contribution in [1.82, 2.24) is 0 Å². The summed E-state index contributed by atoms with van der Waals surface area (Å²) in [5, 5.41) is 0. The van der Waals surface area contributed by atoms with E-state index < -0.39 is 0 Å². The van der Waals surface area contributed by atoms with Crippen molar-refractivity contribution < 1.29 is 9.53 Å². The van der Waals surface area contributed by atoms with Gasteiger partial charge in [-0.25, -0.2) is 4.79 Å². The SMILES string of the molecule is CCCCC/C=C\C/C=C\CCCCCCCCOC(=O)c1ccccc1. The van der Waals surface area contributed by atoms with Crippen LogP contribution in [0.25, 0.3) is 0 Å². The molecule has 0 aliphatic rings. The first kappa shape index (κ1) is 23.2. The first-order valence-electron chi connectivity index (χ1n) is 10.9. The van der Waals surface area contributed by atoms with Crippen molar-refractivity contribution in [1.29, 1.82) is 0 Å². The van der Waals surface area contributed by atoms with E-state index in [1.54, 1.807) is 12.1 Å². The number of carbonyl (C=O) groups is 1. The van der Waals surface area contributed by atoms with Crippen LogP contribution in [-0.2, 0) is 4.74 Å². The second-order valence-corrected chi connectivity index (χ2v) is 7.09. The normalized spacial score (nSPS) is 11.4. The first-order chi connectivity index (χ1) is 13.3. The quantitative estimate of drug-likeness (QED) is 0.170. The van der Waals surface area contributed by atoms with Crippen molar-refractivity contribution in [2.75, 3.05) is 6.61 Å². The molecule has 0 N–H and O–H groups in total. The van der Waals surface area contributed by atoms with Gasteiger partial charge in [-0.1, -0.05) is 88.0 Å². The Hall–Kier alpha value is -1.83. The fourth-order valence-corrected chi connectivity index (χ4v) is 2.91. The average Bonchev–Trinajstić information content (AvgIpc) is 2.70. The van der Waals surface area contributed by atoms with Gasteiger partial charge in [0.05, 0.1) is 12.2 Å². The lowest BCUT2D eigenvalue weighted by atomic mass is 10.1. The smallest absolute Gasteiger partial charge is 0.338 e. The van der Waals surface area contributed by atoms with Crippen molar-refractivity contribution in [2.45, 2.75) is 84.0 Å². The largest absolute Gasteiger partial charge is 0.462 e. The van der Waals surface area contributed by atoms with Gasteiger partial charge in [0.1, 0.15) is 0 Å². The van der Waals surface area contributed by atoms with Gasteiger partial charge in [-0.15, -0.1) is 0 Å². The van der Waals surface area contributed by atoms with Gasteiger partial charge in [0.15, 0.2) is 0 Å². The van der Waals surface area contributed by atoms with Crippen molar-refractivity contribution in [3.8, 4) is 0 Å². The van der Waals surface area contributed by atoms with Crippen LogP contribution in [0.3, 0.4) is 0 Å². The van der Waals surface area contributed by atoms with E-state index in [0.29, 0.717) is 12.2 Å². The molecular weight excluding hydrogens is 332 g/mol. The molecule has 0 saturated carbocycles. The Labute approximate surface area is 166 Å². The van der Waals surface area contributed by atoms with Gasteiger partial charge in [-0.05, 0) is 50.7 Å². The Morgan fingerprint density at radius 3 is 2.04 bits per heavy atom. The molecule has 0 spiro atoms. The topological polar surface area (TPSA) is 26.3 Å². The summed E-state index contributed by atoms with van der Waals surface area (Å²) in [5.41, 5.74) is 0.637. The second-order valence-electron chi connectivity index (χ2n) is 7.09. The van der Waals surface area contributed by atoms with Crippen LogP contribution in [0.4, 0.5) is 0 Å². The number of rotatable bonds is 16. The molecule has 0 heterocycles. The lowest BCUT2D eigenvalue weighted by Crippen LogP contribution is -2.06. The Kier molecular flexibility index (Phi) is 15.1. The fourth-order valence-electron chi connectivity index (χ4n) is 2.91. The van der Waals surface area contributed by atoms with Gasteiger partial charge in [0.2, 0.25) is 0 Å².